The standard InChI is InChI=1S/C12H14N2O6S/c15-12(16)8-4-5-9(6-8)13-21(19,20)11-3-1-2-10(7-11)14(17)18/h1-3,7-9,13H,4-6H2,(H,15,16). The van der Waals surface area contributed by atoms with Crippen LogP contribution in [0.15, 0.2) is 29.2 Å². The number of aliphatic carboxylic acids is 1. The van der Waals surface area contributed by atoms with Gasteiger partial charge in [0.1, 0.15) is 0 Å². The van der Waals surface area contributed by atoms with E-state index < -0.39 is 32.9 Å². The highest BCUT2D eigenvalue weighted by Crippen LogP contribution is 2.27. The number of sulfonamides is 1. The van der Waals surface area contributed by atoms with Gasteiger partial charge in [-0.3, -0.25) is 14.9 Å². The quantitative estimate of drug-likeness (QED) is 0.619. The van der Waals surface area contributed by atoms with Crippen molar-refractivity contribution in [2.45, 2.75) is 30.2 Å². The van der Waals surface area contributed by atoms with Gasteiger partial charge in [-0.15, -0.1) is 0 Å². The van der Waals surface area contributed by atoms with Crippen molar-refractivity contribution < 1.29 is 23.2 Å². The summed E-state index contributed by atoms with van der Waals surface area (Å²) in [5, 5.41) is 19.6. The van der Waals surface area contributed by atoms with E-state index in [0.29, 0.717) is 12.8 Å². The molecule has 0 saturated heterocycles. The molecule has 8 nitrogen and oxygen atoms in total. The molecule has 1 fully saturated rings. The molecule has 0 spiro atoms. The molecular formula is C12H14N2O6S. The van der Waals surface area contributed by atoms with Crippen molar-refractivity contribution in [1.82, 2.24) is 4.72 Å². The van der Waals surface area contributed by atoms with Crippen molar-refractivity contribution in [2.75, 3.05) is 0 Å². The van der Waals surface area contributed by atoms with Crippen molar-refractivity contribution in [3.63, 3.8) is 0 Å². The molecule has 2 unspecified atom stereocenters. The minimum Gasteiger partial charge on any atom is -0.481 e. The molecule has 0 aliphatic heterocycles. The Morgan fingerprint density at radius 1 is 1.38 bits per heavy atom. The lowest BCUT2D eigenvalue weighted by atomic mass is 10.1. The topological polar surface area (TPSA) is 127 Å². The van der Waals surface area contributed by atoms with Crippen LogP contribution in [0.3, 0.4) is 0 Å². The van der Waals surface area contributed by atoms with Gasteiger partial charge in [-0.1, -0.05) is 6.07 Å². The second-order valence-corrected chi connectivity index (χ2v) is 6.63. The molecule has 2 atom stereocenters. The molecule has 2 N–H and O–H groups in total. The molecule has 1 saturated carbocycles. The van der Waals surface area contributed by atoms with E-state index in [1.165, 1.54) is 18.2 Å². The van der Waals surface area contributed by atoms with Gasteiger partial charge in [-0.25, -0.2) is 13.1 Å². The third-order valence-electron chi connectivity index (χ3n) is 3.44. The Hall–Kier alpha value is -2.00. The van der Waals surface area contributed by atoms with Gasteiger partial charge >= 0.3 is 5.97 Å². The molecule has 0 heterocycles. The molecule has 21 heavy (non-hydrogen) atoms. The Kier molecular flexibility index (Phi) is 4.24. The molecule has 1 aromatic rings. The first-order valence-corrected chi connectivity index (χ1v) is 7.77. The molecular weight excluding hydrogens is 300 g/mol. The number of non-ortho nitro benzene ring substituents is 1. The molecule has 1 aromatic carbocycles. The molecule has 9 heteroatoms. The van der Waals surface area contributed by atoms with Crippen LogP contribution in [0.5, 0.6) is 0 Å². The Bertz CT molecular complexity index is 672. The summed E-state index contributed by atoms with van der Waals surface area (Å²) in [5.41, 5.74) is -0.312. The number of carbonyl (C=O) groups is 1. The van der Waals surface area contributed by atoms with Crippen LogP contribution in [0.1, 0.15) is 19.3 Å². The molecule has 2 rings (SSSR count). The number of nitrogens with one attached hydrogen (secondary N) is 1. The van der Waals surface area contributed by atoms with Crippen molar-refractivity contribution in [3.8, 4) is 0 Å². The molecule has 1 aliphatic carbocycles. The highest BCUT2D eigenvalue weighted by Gasteiger charge is 2.32. The van der Waals surface area contributed by atoms with E-state index in [4.69, 9.17) is 5.11 Å². The van der Waals surface area contributed by atoms with Gasteiger partial charge in [0, 0.05) is 18.2 Å². The Balaban J connectivity index is 2.14. The van der Waals surface area contributed by atoms with Crippen LogP contribution < -0.4 is 4.72 Å². The number of hydrogen-bond acceptors (Lipinski definition) is 5. The van der Waals surface area contributed by atoms with Gasteiger partial charge in [0.2, 0.25) is 10.0 Å². The van der Waals surface area contributed by atoms with Crippen molar-refractivity contribution in [3.05, 3.63) is 34.4 Å². The van der Waals surface area contributed by atoms with Crippen molar-refractivity contribution in [2.24, 2.45) is 5.92 Å². The molecule has 0 radical (unpaired) electrons. The number of rotatable bonds is 5. The largest absolute Gasteiger partial charge is 0.481 e. The van der Waals surface area contributed by atoms with E-state index in [9.17, 15) is 23.3 Å². The first-order chi connectivity index (χ1) is 9.79. The number of nitro groups is 1. The van der Waals surface area contributed by atoms with Crippen LogP contribution in [-0.4, -0.2) is 30.5 Å². The van der Waals surface area contributed by atoms with Crippen LogP contribution in [0.25, 0.3) is 0 Å². The molecule has 1 aliphatic rings. The number of nitro benzene ring substituents is 1. The fraction of sp³-hybridized carbons (Fsp3) is 0.417. The lowest BCUT2D eigenvalue weighted by molar-refractivity contribution is -0.385. The number of carboxylic acid groups (broad SMARTS) is 1. The number of carboxylic acids is 1. The second kappa shape index (κ2) is 5.78. The van der Waals surface area contributed by atoms with E-state index >= 15 is 0 Å². The van der Waals surface area contributed by atoms with Gasteiger partial charge in [-0.05, 0) is 25.3 Å². The fourth-order valence-electron chi connectivity index (χ4n) is 2.36. The average molecular weight is 314 g/mol. The summed E-state index contributed by atoms with van der Waals surface area (Å²) in [6.07, 6.45) is 1.08. The number of benzene rings is 1. The normalized spacial score (nSPS) is 22.1. The van der Waals surface area contributed by atoms with E-state index in [0.717, 1.165) is 6.07 Å². The summed E-state index contributed by atoms with van der Waals surface area (Å²) in [4.78, 5) is 20.6. The van der Waals surface area contributed by atoms with E-state index in [1.54, 1.807) is 0 Å². The average Bonchev–Trinajstić information content (AvgIpc) is 2.87. The highest BCUT2D eigenvalue weighted by molar-refractivity contribution is 7.89. The summed E-state index contributed by atoms with van der Waals surface area (Å²) in [6, 6.07) is 4.27. The third-order valence-corrected chi connectivity index (χ3v) is 4.96. The van der Waals surface area contributed by atoms with Gasteiger partial charge in [0.25, 0.3) is 5.69 Å². The summed E-state index contributed by atoms with van der Waals surface area (Å²) < 4.78 is 26.7. The summed E-state index contributed by atoms with van der Waals surface area (Å²) in [7, 11) is -3.90. The van der Waals surface area contributed by atoms with Gasteiger partial charge in [0.05, 0.1) is 15.7 Å². The maximum Gasteiger partial charge on any atom is 0.306 e. The second-order valence-electron chi connectivity index (χ2n) is 4.92. The minimum absolute atomic E-state index is 0.199. The first-order valence-electron chi connectivity index (χ1n) is 6.29. The first kappa shape index (κ1) is 15.4. The molecule has 0 bridgehead atoms. The monoisotopic (exact) mass is 314 g/mol. The van der Waals surface area contributed by atoms with Crippen LogP contribution in [-0.2, 0) is 14.8 Å². The highest BCUT2D eigenvalue weighted by atomic mass is 32.2. The summed E-state index contributed by atoms with van der Waals surface area (Å²) in [5.74, 6) is -1.49. The van der Waals surface area contributed by atoms with Gasteiger partial charge in [0.15, 0.2) is 0 Å². The molecule has 114 valence electrons. The van der Waals surface area contributed by atoms with Crippen molar-refractivity contribution >= 4 is 21.7 Å². The zero-order valence-electron chi connectivity index (χ0n) is 10.9. The lowest BCUT2D eigenvalue weighted by Gasteiger charge is -2.12. The van der Waals surface area contributed by atoms with Crippen LogP contribution in [0.2, 0.25) is 0 Å². The fourth-order valence-corrected chi connectivity index (χ4v) is 3.69. The Morgan fingerprint density at radius 2 is 2.10 bits per heavy atom. The predicted octanol–water partition coefficient (Wildman–Crippen LogP) is 1.13. The summed E-state index contributed by atoms with van der Waals surface area (Å²) in [6.45, 7) is 0. The van der Waals surface area contributed by atoms with Gasteiger partial charge in [-0.2, -0.15) is 0 Å². The molecule has 0 aromatic heterocycles. The Morgan fingerprint density at radius 3 is 2.67 bits per heavy atom. The number of hydrogen-bond donors (Lipinski definition) is 2. The van der Waals surface area contributed by atoms with E-state index in [-0.39, 0.29) is 17.0 Å². The number of nitrogens with zero attached hydrogens (tertiary/aromatic N) is 1. The zero-order valence-corrected chi connectivity index (χ0v) is 11.7. The van der Waals surface area contributed by atoms with Gasteiger partial charge < -0.3 is 5.11 Å². The maximum absolute atomic E-state index is 12.2. The SMILES string of the molecule is O=C(O)C1CCC(NS(=O)(=O)c2cccc([N+](=O)[O-])c2)C1. The maximum atomic E-state index is 12.2. The van der Waals surface area contributed by atoms with E-state index in [1.807, 2.05) is 0 Å². The van der Waals surface area contributed by atoms with Crippen molar-refractivity contribution in [1.29, 1.82) is 0 Å². The van der Waals surface area contributed by atoms with E-state index in [2.05, 4.69) is 4.72 Å². The molecule has 0 amide bonds. The van der Waals surface area contributed by atoms with Crippen LogP contribution in [0.4, 0.5) is 5.69 Å². The minimum atomic E-state index is -3.90. The predicted molar refractivity (Wildman–Crippen MR) is 72.2 cm³/mol. The Labute approximate surface area is 121 Å². The summed E-state index contributed by atoms with van der Waals surface area (Å²) >= 11 is 0. The zero-order chi connectivity index (χ0) is 15.6. The lowest BCUT2D eigenvalue weighted by Crippen LogP contribution is -2.33. The third kappa shape index (κ3) is 3.56. The van der Waals surface area contributed by atoms with Crippen LogP contribution in [0, 0.1) is 16.0 Å². The smallest absolute Gasteiger partial charge is 0.306 e. The van der Waals surface area contributed by atoms with Crippen LogP contribution >= 0.6 is 0 Å².